The lowest BCUT2D eigenvalue weighted by molar-refractivity contribution is -0.140. The summed E-state index contributed by atoms with van der Waals surface area (Å²) in [7, 11) is 0. The first-order chi connectivity index (χ1) is 12.3. The van der Waals surface area contributed by atoms with Gasteiger partial charge in [-0.25, -0.2) is 4.98 Å². The van der Waals surface area contributed by atoms with Crippen LogP contribution in [0.2, 0.25) is 0 Å². The van der Waals surface area contributed by atoms with Gasteiger partial charge in [0.25, 0.3) is 0 Å². The van der Waals surface area contributed by atoms with E-state index in [0.29, 0.717) is 18.1 Å². The molecule has 0 aromatic carbocycles. The van der Waals surface area contributed by atoms with Crippen molar-refractivity contribution >= 4 is 30.7 Å². The molecule has 3 fully saturated rings. The van der Waals surface area contributed by atoms with Gasteiger partial charge in [0.05, 0.1) is 19.3 Å². The molecule has 1 aliphatic carbocycles. The lowest BCUT2D eigenvalue weighted by atomic mass is 9.82. The molecule has 0 unspecified atom stereocenters. The van der Waals surface area contributed by atoms with Crippen LogP contribution in [-0.4, -0.2) is 88.5 Å². The molecular weight excluding hydrogens is 391 g/mol. The standard InChI is InChI=1S/C17H28N6O2.2ClH/c24-17(14-1-2-16-15(11-14)19-3-10-25-16)22-7-4-21(5-8-22)6-9-23-13-18-12-20-23;;/h12-16,19H,1-11H2;2*1H/t14-,15+,16+;;/m0../s1. The number of aromatic nitrogens is 3. The normalized spacial score (nSPS) is 28.6. The maximum atomic E-state index is 12.9. The minimum absolute atomic E-state index is 0. The molecule has 1 aromatic heterocycles. The third-order valence-electron chi connectivity index (χ3n) is 5.77. The summed E-state index contributed by atoms with van der Waals surface area (Å²) in [6.07, 6.45) is 6.53. The van der Waals surface area contributed by atoms with Crippen molar-refractivity contribution in [2.24, 2.45) is 5.92 Å². The Hall–Kier alpha value is -0.930. The highest BCUT2D eigenvalue weighted by molar-refractivity contribution is 5.85. The van der Waals surface area contributed by atoms with Crippen LogP contribution in [0.5, 0.6) is 0 Å². The van der Waals surface area contributed by atoms with Crippen molar-refractivity contribution in [1.29, 1.82) is 0 Å². The number of amides is 1. The van der Waals surface area contributed by atoms with Crippen LogP contribution in [0, 0.1) is 5.92 Å². The van der Waals surface area contributed by atoms with Crippen LogP contribution in [0.15, 0.2) is 12.7 Å². The topological polar surface area (TPSA) is 75.5 Å². The number of fused-ring (bicyclic) bond motifs is 1. The molecule has 1 amide bonds. The van der Waals surface area contributed by atoms with E-state index in [0.717, 1.165) is 71.7 Å². The fourth-order valence-electron chi connectivity index (χ4n) is 4.28. The minimum Gasteiger partial charge on any atom is -0.375 e. The average Bonchev–Trinajstić information content (AvgIpc) is 3.19. The summed E-state index contributed by atoms with van der Waals surface area (Å²) < 4.78 is 7.68. The van der Waals surface area contributed by atoms with Crippen molar-refractivity contribution in [3.63, 3.8) is 0 Å². The molecule has 154 valence electrons. The highest BCUT2D eigenvalue weighted by Crippen LogP contribution is 2.29. The molecule has 3 atom stereocenters. The molecule has 3 heterocycles. The molecule has 0 radical (unpaired) electrons. The SMILES string of the molecule is Cl.Cl.O=C([C@H]1CC[C@H]2OCCN[C@@H]2C1)N1CCN(CCn2cncn2)CC1. The quantitative estimate of drug-likeness (QED) is 0.760. The molecular formula is C17H30Cl2N6O2. The number of morpholine rings is 1. The van der Waals surface area contributed by atoms with Gasteiger partial charge in [0.2, 0.25) is 5.91 Å². The monoisotopic (exact) mass is 420 g/mol. The van der Waals surface area contributed by atoms with E-state index in [4.69, 9.17) is 4.74 Å². The molecule has 1 N–H and O–H groups in total. The number of rotatable bonds is 4. The van der Waals surface area contributed by atoms with E-state index in [-0.39, 0.29) is 30.7 Å². The van der Waals surface area contributed by atoms with E-state index in [1.54, 1.807) is 12.7 Å². The number of hydrogen-bond donors (Lipinski definition) is 1. The highest BCUT2D eigenvalue weighted by Gasteiger charge is 2.37. The number of nitrogens with one attached hydrogen (secondary N) is 1. The Kier molecular flexibility index (Phi) is 8.75. The molecule has 1 aromatic rings. The Morgan fingerprint density at radius 2 is 1.96 bits per heavy atom. The van der Waals surface area contributed by atoms with Gasteiger partial charge in [-0.05, 0) is 19.3 Å². The zero-order valence-electron chi connectivity index (χ0n) is 15.5. The van der Waals surface area contributed by atoms with Crippen LogP contribution in [0.25, 0.3) is 0 Å². The van der Waals surface area contributed by atoms with Crippen molar-refractivity contribution in [3.05, 3.63) is 12.7 Å². The zero-order chi connectivity index (χ0) is 17.1. The molecule has 4 rings (SSSR count). The molecule has 2 aliphatic heterocycles. The van der Waals surface area contributed by atoms with Crippen molar-refractivity contribution < 1.29 is 9.53 Å². The molecule has 2 saturated heterocycles. The minimum atomic E-state index is 0. The predicted molar refractivity (Wildman–Crippen MR) is 106 cm³/mol. The van der Waals surface area contributed by atoms with Gasteiger partial charge in [0, 0.05) is 51.2 Å². The second-order valence-electron chi connectivity index (χ2n) is 7.31. The molecule has 0 spiro atoms. The zero-order valence-corrected chi connectivity index (χ0v) is 17.2. The van der Waals surface area contributed by atoms with Crippen molar-refractivity contribution in [2.75, 3.05) is 45.9 Å². The van der Waals surface area contributed by atoms with E-state index in [2.05, 4.69) is 25.2 Å². The maximum Gasteiger partial charge on any atom is 0.225 e. The number of carbonyl (C=O) groups excluding carboxylic acids is 1. The summed E-state index contributed by atoms with van der Waals surface area (Å²) in [5, 5.41) is 7.66. The summed E-state index contributed by atoms with van der Waals surface area (Å²) in [4.78, 5) is 21.3. The van der Waals surface area contributed by atoms with Crippen LogP contribution in [0.1, 0.15) is 19.3 Å². The van der Waals surface area contributed by atoms with Crippen LogP contribution in [-0.2, 0) is 16.1 Å². The largest absolute Gasteiger partial charge is 0.375 e. The van der Waals surface area contributed by atoms with E-state index >= 15 is 0 Å². The Bertz CT molecular complexity index is 568. The summed E-state index contributed by atoms with van der Waals surface area (Å²) in [5.74, 6) is 0.513. The lowest BCUT2D eigenvalue weighted by Crippen LogP contribution is -2.55. The maximum absolute atomic E-state index is 12.9. The Balaban J connectivity index is 0.00000131. The third-order valence-corrected chi connectivity index (χ3v) is 5.77. The molecule has 10 heteroatoms. The summed E-state index contributed by atoms with van der Waals surface area (Å²) in [6.45, 7) is 7.09. The fraction of sp³-hybridized carbons (Fsp3) is 0.824. The number of hydrogen-bond acceptors (Lipinski definition) is 6. The van der Waals surface area contributed by atoms with E-state index in [1.807, 2.05) is 4.68 Å². The molecule has 3 aliphatic rings. The number of halogens is 2. The van der Waals surface area contributed by atoms with Crippen LogP contribution in [0.4, 0.5) is 0 Å². The van der Waals surface area contributed by atoms with Gasteiger partial charge in [-0.15, -0.1) is 24.8 Å². The molecule has 27 heavy (non-hydrogen) atoms. The van der Waals surface area contributed by atoms with E-state index in [1.165, 1.54) is 0 Å². The van der Waals surface area contributed by atoms with Gasteiger partial charge in [-0.1, -0.05) is 0 Å². The summed E-state index contributed by atoms with van der Waals surface area (Å²) in [5.41, 5.74) is 0. The highest BCUT2D eigenvalue weighted by atomic mass is 35.5. The average molecular weight is 421 g/mol. The Morgan fingerprint density at radius 3 is 2.70 bits per heavy atom. The molecule has 8 nitrogen and oxygen atoms in total. The first kappa shape index (κ1) is 22.4. The fourth-order valence-corrected chi connectivity index (χ4v) is 4.28. The molecule has 1 saturated carbocycles. The second-order valence-corrected chi connectivity index (χ2v) is 7.31. The van der Waals surface area contributed by atoms with Crippen molar-refractivity contribution in [2.45, 2.75) is 38.0 Å². The van der Waals surface area contributed by atoms with Crippen molar-refractivity contribution in [3.8, 4) is 0 Å². The number of nitrogens with zero attached hydrogens (tertiary/aromatic N) is 5. The van der Waals surface area contributed by atoms with Gasteiger partial charge in [-0.2, -0.15) is 5.10 Å². The lowest BCUT2D eigenvalue weighted by Gasteiger charge is -2.42. The molecule has 0 bridgehead atoms. The second kappa shape index (κ2) is 10.6. The first-order valence-corrected chi connectivity index (χ1v) is 9.48. The number of piperazine rings is 1. The van der Waals surface area contributed by atoms with Gasteiger partial charge < -0.3 is 15.0 Å². The first-order valence-electron chi connectivity index (χ1n) is 9.48. The van der Waals surface area contributed by atoms with Gasteiger partial charge in [0.15, 0.2) is 0 Å². The van der Waals surface area contributed by atoms with Crippen LogP contribution < -0.4 is 5.32 Å². The smallest absolute Gasteiger partial charge is 0.225 e. The summed E-state index contributed by atoms with van der Waals surface area (Å²) in [6, 6.07) is 0.361. The summed E-state index contributed by atoms with van der Waals surface area (Å²) >= 11 is 0. The van der Waals surface area contributed by atoms with Gasteiger partial charge in [0.1, 0.15) is 12.7 Å². The predicted octanol–water partition coefficient (Wildman–Crippen LogP) is 0.423. The third kappa shape index (κ3) is 5.54. The van der Waals surface area contributed by atoms with Crippen LogP contribution in [0.3, 0.4) is 0 Å². The van der Waals surface area contributed by atoms with E-state index in [9.17, 15) is 4.79 Å². The van der Waals surface area contributed by atoms with Crippen LogP contribution >= 0.6 is 24.8 Å². The van der Waals surface area contributed by atoms with Gasteiger partial charge >= 0.3 is 0 Å². The van der Waals surface area contributed by atoms with Gasteiger partial charge in [-0.3, -0.25) is 14.4 Å². The number of carbonyl (C=O) groups is 1. The Labute approximate surface area is 172 Å². The number of ether oxygens (including phenoxy) is 1. The van der Waals surface area contributed by atoms with Crippen molar-refractivity contribution in [1.82, 2.24) is 29.9 Å². The Morgan fingerprint density at radius 1 is 1.15 bits per heavy atom. The van der Waals surface area contributed by atoms with E-state index < -0.39 is 0 Å².